The van der Waals surface area contributed by atoms with Crippen LogP contribution in [0.1, 0.15) is 11.1 Å². The van der Waals surface area contributed by atoms with Crippen molar-refractivity contribution in [1.29, 1.82) is 0 Å². The van der Waals surface area contributed by atoms with Gasteiger partial charge in [0.05, 0.1) is 9.75 Å². The van der Waals surface area contributed by atoms with Crippen molar-refractivity contribution in [2.75, 3.05) is 0 Å². The van der Waals surface area contributed by atoms with E-state index >= 15 is 0 Å². The first-order valence-corrected chi connectivity index (χ1v) is 15.5. The van der Waals surface area contributed by atoms with Crippen molar-refractivity contribution in [3.63, 3.8) is 0 Å². The summed E-state index contributed by atoms with van der Waals surface area (Å²) >= 11 is 3.55. The standard InChI is InChI=1S/C40H22S2/c1-3-29-31-15-7-5-11-25(31)23-27-13-9-17-33(37(27)29)35-19-21-41-39(35)40-36(20-22-42-40)34-18-10-14-28-24-26-12-6-8-16-32(26)30(4-2)38(28)34/h1-2,5-24H. The van der Waals surface area contributed by atoms with Gasteiger partial charge in [-0.05, 0) is 78.5 Å². The predicted octanol–water partition coefficient (Wildman–Crippen LogP) is 11.4. The Balaban J connectivity index is 1.39. The molecule has 0 saturated heterocycles. The summed E-state index contributed by atoms with van der Waals surface area (Å²) in [6.07, 6.45) is 12.4. The number of fused-ring (bicyclic) bond motifs is 4. The van der Waals surface area contributed by atoms with Gasteiger partial charge in [0.1, 0.15) is 0 Å². The number of thiophene rings is 2. The van der Waals surface area contributed by atoms with Crippen LogP contribution in [-0.2, 0) is 0 Å². The van der Waals surface area contributed by atoms with Crippen molar-refractivity contribution in [2.45, 2.75) is 0 Å². The van der Waals surface area contributed by atoms with Gasteiger partial charge in [-0.15, -0.1) is 35.5 Å². The highest BCUT2D eigenvalue weighted by Gasteiger charge is 2.21. The molecule has 0 radical (unpaired) electrons. The molecule has 8 rings (SSSR count). The lowest BCUT2D eigenvalue weighted by Crippen LogP contribution is -1.90. The molecular weight excluding hydrogens is 545 g/mol. The van der Waals surface area contributed by atoms with Crippen LogP contribution in [0.3, 0.4) is 0 Å². The maximum Gasteiger partial charge on any atom is 0.0527 e. The van der Waals surface area contributed by atoms with Gasteiger partial charge in [0.2, 0.25) is 0 Å². The summed E-state index contributed by atoms with van der Waals surface area (Å²) in [5.41, 5.74) is 6.61. The third-order valence-corrected chi connectivity index (χ3v) is 10.2. The average Bonchev–Trinajstić information content (AvgIpc) is 3.72. The Morgan fingerprint density at radius 2 is 0.857 bits per heavy atom. The third-order valence-electron chi connectivity index (χ3n) is 8.18. The third kappa shape index (κ3) is 3.64. The number of terminal acetylenes is 2. The van der Waals surface area contributed by atoms with Crippen LogP contribution in [0.2, 0.25) is 0 Å². The summed E-state index contributed by atoms with van der Waals surface area (Å²) in [6, 6.07) is 38.7. The van der Waals surface area contributed by atoms with Gasteiger partial charge < -0.3 is 0 Å². The van der Waals surface area contributed by atoms with E-state index in [-0.39, 0.29) is 0 Å². The Bertz CT molecular complexity index is 2260. The van der Waals surface area contributed by atoms with Gasteiger partial charge in [-0.1, -0.05) is 96.8 Å². The molecule has 0 bridgehead atoms. The zero-order valence-electron chi connectivity index (χ0n) is 22.5. The van der Waals surface area contributed by atoms with Gasteiger partial charge >= 0.3 is 0 Å². The molecule has 0 fully saturated rings. The first kappa shape index (κ1) is 24.7. The van der Waals surface area contributed by atoms with Crippen LogP contribution in [0.5, 0.6) is 0 Å². The summed E-state index contributed by atoms with van der Waals surface area (Å²) < 4.78 is 0. The van der Waals surface area contributed by atoms with Crippen molar-refractivity contribution in [2.24, 2.45) is 0 Å². The fraction of sp³-hybridized carbons (Fsp3) is 0. The van der Waals surface area contributed by atoms with E-state index < -0.39 is 0 Å². The maximum atomic E-state index is 6.20. The molecule has 0 aliphatic rings. The van der Waals surface area contributed by atoms with Crippen molar-refractivity contribution in [3.8, 4) is 56.7 Å². The Morgan fingerprint density at radius 1 is 0.429 bits per heavy atom. The van der Waals surface area contributed by atoms with Crippen molar-refractivity contribution in [3.05, 3.63) is 131 Å². The van der Waals surface area contributed by atoms with E-state index in [1.165, 1.54) is 20.9 Å². The van der Waals surface area contributed by atoms with Gasteiger partial charge in [-0.2, -0.15) is 0 Å². The molecule has 8 aromatic rings. The number of rotatable bonds is 3. The topological polar surface area (TPSA) is 0 Å². The van der Waals surface area contributed by atoms with E-state index in [1.54, 1.807) is 22.7 Å². The zero-order chi connectivity index (χ0) is 28.2. The van der Waals surface area contributed by atoms with E-state index in [4.69, 9.17) is 12.8 Å². The molecule has 0 amide bonds. The molecule has 194 valence electrons. The molecule has 2 aromatic heterocycles. The summed E-state index contributed by atoms with van der Waals surface area (Å²) in [5, 5.41) is 13.5. The van der Waals surface area contributed by atoms with Gasteiger partial charge in [0.25, 0.3) is 0 Å². The fourth-order valence-corrected chi connectivity index (χ4v) is 8.40. The molecule has 0 N–H and O–H groups in total. The molecule has 0 saturated carbocycles. The van der Waals surface area contributed by atoms with E-state index in [2.05, 4.69) is 132 Å². The Morgan fingerprint density at radius 3 is 1.31 bits per heavy atom. The van der Waals surface area contributed by atoms with Crippen molar-refractivity contribution < 1.29 is 0 Å². The minimum absolute atomic E-state index is 0.946. The SMILES string of the molecule is C#Cc1c2ccccc2cc2cccc(-c3ccsc3-c3sccc3-c3cccc4cc5ccccc5c(C#C)c34)c12. The molecule has 0 aliphatic carbocycles. The Hall–Kier alpha value is -5.12. The first-order valence-electron chi connectivity index (χ1n) is 13.7. The van der Waals surface area contributed by atoms with Crippen LogP contribution in [0.25, 0.3) is 75.1 Å². The normalized spacial score (nSPS) is 11.3. The highest BCUT2D eigenvalue weighted by molar-refractivity contribution is 7.21. The van der Waals surface area contributed by atoms with E-state index in [0.717, 1.165) is 65.3 Å². The molecule has 0 nitrogen and oxygen atoms in total. The Labute approximate surface area is 252 Å². The average molecular weight is 567 g/mol. The molecule has 42 heavy (non-hydrogen) atoms. The minimum Gasteiger partial charge on any atom is -0.142 e. The maximum absolute atomic E-state index is 6.20. The lowest BCUT2D eigenvalue weighted by atomic mass is 9.89. The van der Waals surface area contributed by atoms with E-state index in [0.29, 0.717) is 0 Å². The van der Waals surface area contributed by atoms with Crippen LogP contribution < -0.4 is 0 Å². The number of hydrogen-bond donors (Lipinski definition) is 0. The van der Waals surface area contributed by atoms with Crippen LogP contribution in [0.15, 0.2) is 120 Å². The van der Waals surface area contributed by atoms with Crippen molar-refractivity contribution >= 4 is 65.8 Å². The fourth-order valence-electron chi connectivity index (χ4n) is 6.39. The van der Waals surface area contributed by atoms with Crippen molar-refractivity contribution in [1.82, 2.24) is 0 Å². The highest BCUT2D eigenvalue weighted by Crippen LogP contribution is 2.48. The largest absolute Gasteiger partial charge is 0.142 e. The summed E-state index contributed by atoms with van der Waals surface area (Å²) in [4.78, 5) is 2.48. The quantitative estimate of drug-likeness (QED) is 0.147. The van der Waals surface area contributed by atoms with E-state index in [9.17, 15) is 0 Å². The molecule has 2 heteroatoms. The van der Waals surface area contributed by atoms with Gasteiger partial charge in [-0.3, -0.25) is 0 Å². The minimum atomic E-state index is 0.946. The summed E-state index contributed by atoms with van der Waals surface area (Å²) in [6.45, 7) is 0. The van der Waals surface area contributed by atoms with Crippen LogP contribution in [0, 0.1) is 24.7 Å². The lowest BCUT2D eigenvalue weighted by Gasteiger charge is -2.14. The molecular formula is C40H22S2. The highest BCUT2D eigenvalue weighted by atomic mass is 32.1. The molecule has 0 spiro atoms. The first-order chi connectivity index (χ1) is 20.8. The van der Waals surface area contributed by atoms with Gasteiger partial charge in [0, 0.05) is 33.0 Å². The molecule has 0 unspecified atom stereocenters. The van der Waals surface area contributed by atoms with Gasteiger partial charge in [-0.25, -0.2) is 0 Å². The van der Waals surface area contributed by atoms with Crippen LogP contribution in [0.4, 0.5) is 0 Å². The lowest BCUT2D eigenvalue weighted by molar-refractivity contribution is 1.70. The molecule has 6 aromatic carbocycles. The van der Waals surface area contributed by atoms with E-state index in [1.807, 2.05) is 0 Å². The zero-order valence-corrected chi connectivity index (χ0v) is 24.2. The second-order valence-electron chi connectivity index (χ2n) is 10.4. The molecule has 0 aliphatic heterocycles. The molecule has 0 atom stereocenters. The van der Waals surface area contributed by atoms with Crippen LogP contribution in [-0.4, -0.2) is 0 Å². The smallest absolute Gasteiger partial charge is 0.0527 e. The van der Waals surface area contributed by atoms with Crippen LogP contribution >= 0.6 is 22.7 Å². The summed E-state index contributed by atoms with van der Waals surface area (Å²) in [7, 11) is 0. The predicted molar refractivity (Wildman–Crippen MR) is 184 cm³/mol. The molecule has 2 heterocycles. The number of hydrogen-bond acceptors (Lipinski definition) is 2. The summed E-state index contributed by atoms with van der Waals surface area (Å²) in [5.74, 6) is 6.08. The number of benzene rings is 6. The Kier molecular flexibility index (Phi) is 5.73. The second-order valence-corrected chi connectivity index (χ2v) is 12.2. The second kappa shape index (κ2) is 9.76. The van der Waals surface area contributed by atoms with Gasteiger partial charge in [0.15, 0.2) is 0 Å². The monoisotopic (exact) mass is 566 g/mol.